The molecule has 12 rings (SSSR count). The van der Waals surface area contributed by atoms with Crippen LogP contribution in [-0.2, 0) is 0 Å². The molecule has 0 fully saturated rings. The van der Waals surface area contributed by atoms with E-state index in [-0.39, 0.29) is 0 Å². The first-order chi connectivity index (χ1) is 30.2. The fourth-order valence-electron chi connectivity index (χ4n) is 9.08. The molecule has 4 heteroatoms. The van der Waals surface area contributed by atoms with Crippen LogP contribution >= 0.6 is 0 Å². The molecule has 61 heavy (non-hydrogen) atoms. The van der Waals surface area contributed by atoms with E-state index in [1.165, 1.54) is 32.6 Å². The minimum atomic E-state index is 0.719. The average molecular weight is 777 g/mol. The lowest BCUT2D eigenvalue weighted by molar-refractivity contribution is 1.18. The van der Waals surface area contributed by atoms with Crippen LogP contribution in [0.2, 0.25) is 0 Å². The average Bonchev–Trinajstić information content (AvgIpc) is 3.69. The molecular weight excluding hydrogens is 741 g/mol. The van der Waals surface area contributed by atoms with Gasteiger partial charge in [-0.1, -0.05) is 176 Å². The molecular formula is C57H36N4. The predicted octanol–water partition coefficient (Wildman–Crippen LogP) is 14.8. The molecule has 3 heterocycles. The Morgan fingerprint density at radius 3 is 1.52 bits per heavy atom. The molecule has 0 saturated carbocycles. The van der Waals surface area contributed by atoms with Crippen LogP contribution in [0.3, 0.4) is 0 Å². The summed E-state index contributed by atoms with van der Waals surface area (Å²) in [6.07, 6.45) is 0. The summed E-state index contributed by atoms with van der Waals surface area (Å²) < 4.78 is 2.38. The summed E-state index contributed by atoms with van der Waals surface area (Å²) in [5, 5.41) is 6.98. The van der Waals surface area contributed by atoms with Crippen molar-refractivity contribution in [3.63, 3.8) is 0 Å². The van der Waals surface area contributed by atoms with E-state index < -0.39 is 0 Å². The fourth-order valence-corrected chi connectivity index (χ4v) is 9.08. The van der Waals surface area contributed by atoms with Crippen molar-refractivity contribution >= 4 is 54.4 Å². The Morgan fingerprint density at radius 1 is 0.279 bits per heavy atom. The zero-order valence-electron chi connectivity index (χ0n) is 33.1. The van der Waals surface area contributed by atoms with Crippen molar-refractivity contribution in [1.82, 2.24) is 19.5 Å². The molecule has 0 amide bonds. The highest BCUT2D eigenvalue weighted by Crippen LogP contribution is 2.43. The van der Waals surface area contributed by atoms with Crippen molar-refractivity contribution < 1.29 is 0 Å². The molecule has 0 bridgehead atoms. The quantitative estimate of drug-likeness (QED) is 0.158. The number of benzene rings is 9. The van der Waals surface area contributed by atoms with E-state index in [9.17, 15) is 0 Å². The number of hydrogen-bond acceptors (Lipinski definition) is 3. The van der Waals surface area contributed by atoms with Gasteiger partial charge >= 0.3 is 0 Å². The number of para-hydroxylation sites is 3. The largest absolute Gasteiger partial charge is 0.309 e. The Hall–Kier alpha value is -8.21. The maximum Gasteiger partial charge on any atom is 0.160 e. The number of rotatable bonds is 6. The molecule has 3 aromatic heterocycles. The Labute approximate surface area is 352 Å². The standard InChI is InChI=1S/C57H36N4/c1-4-14-40(15-5-1)55-46-20-10-12-22-49(46)59-57(60-55)42-30-28-38(29-31-42)37-24-26-39(27-25-37)43-32-34-50-48(36-43)45-33-35-52-53(54(45)56(58-50)41-16-6-2-7-17-41)47-21-11-13-23-51(47)61(52)44-18-8-3-9-19-44/h1-36H. The fraction of sp³-hybridized carbons (Fsp3) is 0. The van der Waals surface area contributed by atoms with Gasteiger partial charge in [-0.25, -0.2) is 15.0 Å². The normalized spacial score (nSPS) is 11.6. The molecule has 0 atom stereocenters. The molecule has 0 aliphatic rings. The smallest absolute Gasteiger partial charge is 0.160 e. The lowest BCUT2D eigenvalue weighted by Gasteiger charge is -2.14. The lowest BCUT2D eigenvalue weighted by Crippen LogP contribution is -1.95. The van der Waals surface area contributed by atoms with Gasteiger partial charge in [0.25, 0.3) is 0 Å². The molecule has 0 N–H and O–H groups in total. The van der Waals surface area contributed by atoms with Crippen molar-refractivity contribution in [2.45, 2.75) is 0 Å². The molecule has 284 valence electrons. The number of fused-ring (bicyclic) bond motifs is 8. The zero-order chi connectivity index (χ0) is 40.3. The molecule has 0 aliphatic carbocycles. The second kappa shape index (κ2) is 14.3. The highest BCUT2D eigenvalue weighted by molar-refractivity contribution is 6.28. The van der Waals surface area contributed by atoms with Crippen molar-refractivity contribution in [2.24, 2.45) is 0 Å². The van der Waals surface area contributed by atoms with E-state index in [0.717, 1.165) is 83.6 Å². The minimum Gasteiger partial charge on any atom is -0.309 e. The van der Waals surface area contributed by atoms with Crippen molar-refractivity contribution in [3.8, 4) is 61.8 Å². The Bertz CT molecular complexity index is 3600. The molecule has 0 unspecified atom stereocenters. The van der Waals surface area contributed by atoms with E-state index in [0.29, 0.717) is 0 Å². The summed E-state index contributed by atoms with van der Waals surface area (Å²) in [6, 6.07) is 77.3. The van der Waals surface area contributed by atoms with Crippen LogP contribution in [0.4, 0.5) is 0 Å². The van der Waals surface area contributed by atoms with Gasteiger partial charge in [-0.3, -0.25) is 0 Å². The van der Waals surface area contributed by atoms with E-state index in [1.807, 2.05) is 18.2 Å². The van der Waals surface area contributed by atoms with Gasteiger partial charge in [-0.2, -0.15) is 0 Å². The Morgan fingerprint density at radius 2 is 0.820 bits per heavy atom. The van der Waals surface area contributed by atoms with Crippen LogP contribution in [0.1, 0.15) is 0 Å². The molecule has 9 aromatic carbocycles. The van der Waals surface area contributed by atoms with E-state index >= 15 is 0 Å². The predicted molar refractivity (Wildman–Crippen MR) is 254 cm³/mol. The molecule has 0 spiro atoms. The van der Waals surface area contributed by atoms with Gasteiger partial charge in [0.1, 0.15) is 0 Å². The topological polar surface area (TPSA) is 43.6 Å². The van der Waals surface area contributed by atoms with E-state index in [1.54, 1.807) is 0 Å². The molecule has 0 saturated heterocycles. The maximum absolute atomic E-state index is 5.45. The Balaban J connectivity index is 0.943. The zero-order valence-corrected chi connectivity index (χ0v) is 33.1. The summed E-state index contributed by atoms with van der Waals surface area (Å²) in [7, 11) is 0. The summed E-state index contributed by atoms with van der Waals surface area (Å²) >= 11 is 0. The number of pyridine rings is 1. The van der Waals surface area contributed by atoms with Crippen LogP contribution in [0.15, 0.2) is 218 Å². The van der Waals surface area contributed by atoms with Crippen molar-refractivity contribution in [3.05, 3.63) is 218 Å². The van der Waals surface area contributed by atoms with E-state index in [2.05, 4.69) is 205 Å². The van der Waals surface area contributed by atoms with Gasteiger partial charge in [0, 0.05) is 49.3 Å². The van der Waals surface area contributed by atoms with Crippen LogP contribution in [0, 0.1) is 0 Å². The first-order valence-electron chi connectivity index (χ1n) is 20.7. The third-order valence-electron chi connectivity index (χ3n) is 12.0. The van der Waals surface area contributed by atoms with Gasteiger partial charge in [0.05, 0.1) is 33.5 Å². The maximum atomic E-state index is 5.45. The van der Waals surface area contributed by atoms with Gasteiger partial charge in [0.2, 0.25) is 0 Å². The third kappa shape index (κ3) is 5.88. The number of aromatic nitrogens is 4. The summed E-state index contributed by atoms with van der Waals surface area (Å²) in [5.74, 6) is 0.719. The van der Waals surface area contributed by atoms with Crippen LogP contribution < -0.4 is 0 Å². The lowest BCUT2D eigenvalue weighted by atomic mass is 9.94. The van der Waals surface area contributed by atoms with Gasteiger partial charge < -0.3 is 4.57 Å². The summed E-state index contributed by atoms with van der Waals surface area (Å²) in [5.41, 5.74) is 15.1. The first kappa shape index (κ1) is 34.8. The number of nitrogens with zero attached hydrogens (tertiary/aromatic N) is 4. The van der Waals surface area contributed by atoms with Crippen molar-refractivity contribution in [1.29, 1.82) is 0 Å². The highest BCUT2D eigenvalue weighted by Gasteiger charge is 2.20. The first-order valence-corrected chi connectivity index (χ1v) is 20.7. The Kier molecular flexibility index (Phi) is 8.13. The third-order valence-corrected chi connectivity index (χ3v) is 12.0. The molecule has 4 nitrogen and oxygen atoms in total. The van der Waals surface area contributed by atoms with Crippen LogP contribution in [0.25, 0.3) is 116 Å². The second-order valence-electron chi connectivity index (χ2n) is 15.6. The van der Waals surface area contributed by atoms with Crippen LogP contribution in [-0.4, -0.2) is 19.5 Å². The van der Waals surface area contributed by atoms with Gasteiger partial charge in [-0.15, -0.1) is 0 Å². The summed E-state index contributed by atoms with van der Waals surface area (Å²) in [4.78, 5) is 15.5. The van der Waals surface area contributed by atoms with E-state index in [4.69, 9.17) is 15.0 Å². The minimum absolute atomic E-state index is 0.719. The monoisotopic (exact) mass is 776 g/mol. The molecule has 0 aliphatic heterocycles. The highest BCUT2D eigenvalue weighted by atomic mass is 15.0. The molecule has 0 radical (unpaired) electrons. The number of hydrogen-bond donors (Lipinski definition) is 0. The van der Waals surface area contributed by atoms with Gasteiger partial charge in [-0.05, 0) is 70.1 Å². The molecule has 12 aromatic rings. The SMILES string of the molecule is c1ccc(-c2nc(-c3ccc(-c4ccc(-c5ccc6nc(-c7ccccc7)c7c(ccc8c7c7ccccc7n8-c7ccccc7)c6c5)cc4)cc3)nc3ccccc23)cc1. The second-order valence-corrected chi connectivity index (χ2v) is 15.6. The van der Waals surface area contributed by atoms with Gasteiger partial charge in [0.15, 0.2) is 5.82 Å². The van der Waals surface area contributed by atoms with Crippen molar-refractivity contribution in [2.75, 3.05) is 0 Å². The van der Waals surface area contributed by atoms with Crippen LogP contribution in [0.5, 0.6) is 0 Å². The summed E-state index contributed by atoms with van der Waals surface area (Å²) in [6.45, 7) is 0.